The molecule has 3 heteroatoms. The maximum absolute atomic E-state index is 12.7. The molecule has 0 radical (unpaired) electrons. The van der Waals surface area contributed by atoms with Gasteiger partial charge < -0.3 is 4.74 Å². The second-order valence-corrected chi connectivity index (χ2v) is 2.76. The van der Waals surface area contributed by atoms with Crippen LogP contribution in [-0.4, -0.2) is 12.6 Å². The molecule has 1 aromatic rings. The number of rotatable bonds is 3. The average Bonchev–Trinajstić information content (AvgIpc) is 2.12. The molecule has 0 spiro atoms. The van der Waals surface area contributed by atoms with E-state index in [9.17, 15) is 9.18 Å². The summed E-state index contributed by atoms with van der Waals surface area (Å²) < 4.78 is 17.4. The van der Waals surface area contributed by atoms with E-state index in [1.54, 1.807) is 24.3 Å². The van der Waals surface area contributed by atoms with Crippen LogP contribution in [0.3, 0.4) is 0 Å². The van der Waals surface area contributed by atoms with E-state index in [4.69, 9.17) is 0 Å². The van der Waals surface area contributed by atoms with Crippen molar-refractivity contribution in [2.75, 3.05) is 6.61 Å². The van der Waals surface area contributed by atoms with Crippen LogP contribution >= 0.6 is 0 Å². The second kappa shape index (κ2) is 5.17. The smallest absolute Gasteiger partial charge is 0.302 e. The molecule has 0 aromatic heterocycles. The number of ether oxygens (including phenoxy) is 1. The number of carbonyl (C=O) groups excluding carboxylic acids is 1. The van der Waals surface area contributed by atoms with Gasteiger partial charge in [-0.25, -0.2) is 4.39 Å². The molecule has 0 unspecified atom stereocenters. The molecular formula is C11H11FO2. The summed E-state index contributed by atoms with van der Waals surface area (Å²) in [6.07, 6.45) is 3.36. The fraction of sp³-hybridized carbons (Fsp3) is 0.182. The highest BCUT2D eigenvalue weighted by Crippen LogP contribution is 2.04. The maximum Gasteiger partial charge on any atom is 0.302 e. The first-order valence-corrected chi connectivity index (χ1v) is 4.24. The third-order valence-electron chi connectivity index (χ3n) is 1.54. The predicted molar refractivity (Wildman–Crippen MR) is 52.1 cm³/mol. The van der Waals surface area contributed by atoms with Crippen LogP contribution in [0.1, 0.15) is 12.5 Å². The van der Waals surface area contributed by atoms with Gasteiger partial charge in [-0.15, -0.1) is 0 Å². The second-order valence-electron chi connectivity index (χ2n) is 2.76. The summed E-state index contributed by atoms with van der Waals surface area (Å²) >= 11 is 0. The summed E-state index contributed by atoms with van der Waals surface area (Å²) in [6.45, 7) is 1.56. The van der Waals surface area contributed by atoms with E-state index in [-0.39, 0.29) is 18.4 Å². The fourth-order valence-corrected chi connectivity index (χ4v) is 0.960. The van der Waals surface area contributed by atoms with E-state index >= 15 is 0 Å². The summed E-state index contributed by atoms with van der Waals surface area (Å²) in [4.78, 5) is 10.4. The molecule has 0 amide bonds. The Hall–Kier alpha value is -1.64. The van der Waals surface area contributed by atoms with E-state index in [2.05, 4.69) is 4.74 Å². The van der Waals surface area contributed by atoms with Crippen molar-refractivity contribution in [1.82, 2.24) is 0 Å². The molecule has 0 aliphatic heterocycles. The van der Waals surface area contributed by atoms with Gasteiger partial charge in [0.15, 0.2) is 0 Å². The Balaban J connectivity index is 2.47. The van der Waals surface area contributed by atoms with Crippen molar-refractivity contribution in [1.29, 1.82) is 0 Å². The molecule has 0 bridgehead atoms. The van der Waals surface area contributed by atoms with Gasteiger partial charge in [-0.05, 0) is 23.8 Å². The minimum Gasteiger partial charge on any atom is -0.462 e. The molecule has 0 saturated carbocycles. The van der Waals surface area contributed by atoms with E-state index in [1.165, 1.54) is 19.1 Å². The highest BCUT2D eigenvalue weighted by Gasteiger charge is 1.90. The third kappa shape index (κ3) is 3.85. The van der Waals surface area contributed by atoms with Crippen molar-refractivity contribution >= 4 is 12.0 Å². The summed E-state index contributed by atoms with van der Waals surface area (Å²) in [6, 6.07) is 6.18. The van der Waals surface area contributed by atoms with Crippen LogP contribution in [-0.2, 0) is 9.53 Å². The molecule has 0 saturated heterocycles. The van der Waals surface area contributed by atoms with Gasteiger partial charge in [0.25, 0.3) is 0 Å². The van der Waals surface area contributed by atoms with E-state index < -0.39 is 0 Å². The van der Waals surface area contributed by atoms with Gasteiger partial charge in [0.05, 0.1) is 0 Å². The Morgan fingerprint density at radius 1 is 1.57 bits per heavy atom. The molecule has 0 N–H and O–H groups in total. The van der Waals surface area contributed by atoms with Gasteiger partial charge in [-0.3, -0.25) is 4.79 Å². The van der Waals surface area contributed by atoms with Gasteiger partial charge >= 0.3 is 5.97 Å². The predicted octanol–water partition coefficient (Wildman–Crippen LogP) is 2.40. The molecule has 1 aromatic carbocycles. The Labute approximate surface area is 82.0 Å². The van der Waals surface area contributed by atoms with Crippen molar-refractivity contribution in [2.45, 2.75) is 6.92 Å². The third-order valence-corrected chi connectivity index (χ3v) is 1.54. The Kier molecular flexibility index (Phi) is 3.85. The molecular weight excluding hydrogens is 183 g/mol. The van der Waals surface area contributed by atoms with Gasteiger partial charge in [0.2, 0.25) is 0 Å². The lowest BCUT2D eigenvalue weighted by Gasteiger charge is -1.95. The summed E-state index contributed by atoms with van der Waals surface area (Å²) in [5, 5.41) is 0. The van der Waals surface area contributed by atoms with Crippen molar-refractivity contribution in [3.05, 3.63) is 41.7 Å². The zero-order chi connectivity index (χ0) is 10.4. The Morgan fingerprint density at radius 3 is 3.00 bits per heavy atom. The van der Waals surface area contributed by atoms with Crippen LogP contribution in [0.5, 0.6) is 0 Å². The number of hydrogen-bond acceptors (Lipinski definition) is 2. The number of hydrogen-bond donors (Lipinski definition) is 0. The average molecular weight is 194 g/mol. The minimum absolute atomic E-state index is 0.214. The number of halogens is 1. The fourth-order valence-electron chi connectivity index (χ4n) is 0.960. The molecule has 2 nitrogen and oxygen atoms in total. The standard InChI is InChI=1S/C11H11FO2/c1-9(13)14-7-3-5-10-4-2-6-11(12)8-10/h2-6,8H,7H2,1H3/b5-3+. The minimum atomic E-state index is -0.325. The van der Waals surface area contributed by atoms with Crippen molar-refractivity contribution < 1.29 is 13.9 Å². The lowest BCUT2D eigenvalue weighted by Crippen LogP contribution is -1.97. The van der Waals surface area contributed by atoms with Crippen molar-refractivity contribution in [3.8, 4) is 0 Å². The first kappa shape index (κ1) is 10.4. The van der Waals surface area contributed by atoms with Gasteiger partial charge in [0.1, 0.15) is 12.4 Å². The van der Waals surface area contributed by atoms with Crippen molar-refractivity contribution in [2.24, 2.45) is 0 Å². The van der Waals surface area contributed by atoms with Crippen LogP contribution in [0.15, 0.2) is 30.3 Å². The lowest BCUT2D eigenvalue weighted by atomic mass is 10.2. The number of carbonyl (C=O) groups is 1. The molecule has 0 atom stereocenters. The number of esters is 1. The van der Waals surface area contributed by atoms with Crippen LogP contribution in [0.2, 0.25) is 0 Å². The molecule has 0 heterocycles. The molecule has 1 rings (SSSR count). The zero-order valence-electron chi connectivity index (χ0n) is 7.87. The van der Waals surface area contributed by atoms with E-state index in [0.717, 1.165) is 5.56 Å². The zero-order valence-corrected chi connectivity index (χ0v) is 7.87. The Morgan fingerprint density at radius 2 is 2.36 bits per heavy atom. The first-order valence-electron chi connectivity index (χ1n) is 4.24. The van der Waals surface area contributed by atoms with Gasteiger partial charge in [-0.2, -0.15) is 0 Å². The van der Waals surface area contributed by atoms with Gasteiger partial charge in [-0.1, -0.05) is 18.2 Å². The summed E-state index contributed by atoms with van der Waals surface area (Å²) in [5.41, 5.74) is 0.747. The monoisotopic (exact) mass is 194 g/mol. The number of benzene rings is 1. The van der Waals surface area contributed by atoms with Gasteiger partial charge in [0, 0.05) is 6.92 Å². The highest BCUT2D eigenvalue weighted by atomic mass is 19.1. The van der Waals surface area contributed by atoms with Crippen LogP contribution in [0.25, 0.3) is 6.08 Å². The largest absolute Gasteiger partial charge is 0.462 e. The summed E-state index contributed by atoms with van der Waals surface area (Å²) in [7, 11) is 0. The summed E-state index contributed by atoms with van der Waals surface area (Å²) in [5.74, 6) is -0.603. The SMILES string of the molecule is CC(=O)OC/C=C/c1cccc(F)c1. The molecule has 0 fully saturated rings. The molecule has 0 aliphatic carbocycles. The van der Waals surface area contributed by atoms with Crippen LogP contribution < -0.4 is 0 Å². The lowest BCUT2D eigenvalue weighted by molar-refractivity contribution is -0.139. The molecule has 14 heavy (non-hydrogen) atoms. The molecule has 0 aliphatic rings. The van der Waals surface area contributed by atoms with Crippen LogP contribution in [0, 0.1) is 5.82 Å². The Bertz CT molecular complexity index is 345. The normalized spacial score (nSPS) is 10.4. The van der Waals surface area contributed by atoms with Crippen molar-refractivity contribution in [3.63, 3.8) is 0 Å². The quantitative estimate of drug-likeness (QED) is 0.690. The topological polar surface area (TPSA) is 26.3 Å². The van der Waals surface area contributed by atoms with Crippen LogP contribution in [0.4, 0.5) is 4.39 Å². The molecule has 74 valence electrons. The van der Waals surface area contributed by atoms with E-state index in [0.29, 0.717) is 0 Å². The highest BCUT2D eigenvalue weighted by molar-refractivity contribution is 5.66. The first-order chi connectivity index (χ1) is 6.68. The maximum atomic E-state index is 12.7. The van der Waals surface area contributed by atoms with E-state index in [1.807, 2.05) is 0 Å².